The smallest absolute Gasteiger partial charge is 0.116 e. The van der Waals surface area contributed by atoms with Crippen LogP contribution in [0.3, 0.4) is 0 Å². The van der Waals surface area contributed by atoms with Crippen molar-refractivity contribution in [2.75, 3.05) is 0 Å². The summed E-state index contributed by atoms with van der Waals surface area (Å²) in [7, 11) is 0. The fraction of sp³-hybridized carbons (Fsp3) is 1.00. The van der Waals surface area contributed by atoms with Crippen molar-refractivity contribution in [1.82, 2.24) is 5.73 Å². The van der Waals surface area contributed by atoms with Crippen LogP contribution in [0.15, 0.2) is 0 Å². The maximum Gasteiger partial charge on any atom is 0.116 e. The highest BCUT2D eigenvalue weighted by Gasteiger charge is 1.82. The maximum atomic E-state index is 8.03. The predicted octanol–water partition coefficient (Wildman–Crippen LogP) is -0.00230. The summed E-state index contributed by atoms with van der Waals surface area (Å²) < 4.78 is 0. The van der Waals surface area contributed by atoms with Gasteiger partial charge in [-0.1, -0.05) is 6.92 Å². The lowest BCUT2D eigenvalue weighted by molar-refractivity contribution is 0.170. The minimum atomic E-state index is -0.866. The van der Waals surface area contributed by atoms with E-state index in [1.807, 2.05) is 0 Å². The van der Waals surface area contributed by atoms with Crippen LogP contribution in [0.4, 0.5) is 0 Å². The predicted molar refractivity (Wildman–Crippen MR) is 19.4 cm³/mol. The summed E-state index contributed by atoms with van der Waals surface area (Å²) >= 11 is 0. The van der Waals surface area contributed by atoms with E-state index in [2.05, 4.69) is 0 Å². The van der Waals surface area contributed by atoms with Crippen LogP contribution in [0.1, 0.15) is 13.3 Å². The number of hydrogen-bond donors (Lipinski definition) is 1. The Morgan fingerprint density at radius 1 is 2.00 bits per heavy atom. The van der Waals surface area contributed by atoms with Gasteiger partial charge in [-0.3, -0.25) is 0 Å². The van der Waals surface area contributed by atoms with Crippen LogP contribution in [-0.2, 0) is 0 Å². The summed E-state index contributed by atoms with van der Waals surface area (Å²) in [4.78, 5) is 0. The van der Waals surface area contributed by atoms with Gasteiger partial charge in [0.2, 0.25) is 0 Å². The highest BCUT2D eigenvalue weighted by atomic mass is 16.3. The molecule has 0 rings (SSSR count). The van der Waals surface area contributed by atoms with E-state index in [0.717, 1.165) is 0 Å². The zero-order valence-electron chi connectivity index (χ0n) is 3.23. The maximum absolute atomic E-state index is 8.03. The molecule has 1 radical (unpaired) electrons. The van der Waals surface area contributed by atoms with Crippen molar-refractivity contribution >= 4 is 0 Å². The number of aliphatic hydroxyl groups excluding tert-OH is 1. The zero-order chi connectivity index (χ0) is 4.28. The van der Waals surface area contributed by atoms with Crippen LogP contribution in [0.2, 0.25) is 0 Å². The Morgan fingerprint density at radius 3 is 2.20 bits per heavy atom. The molecule has 2 N–H and O–H groups in total. The first-order valence-electron chi connectivity index (χ1n) is 1.66. The number of hydrogen-bond acceptors (Lipinski definition) is 1. The van der Waals surface area contributed by atoms with E-state index in [-0.39, 0.29) is 0 Å². The zero-order valence-corrected chi connectivity index (χ0v) is 3.23. The number of aliphatic hydroxyl groups is 1. The molecule has 0 fully saturated rings. The summed E-state index contributed by atoms with van der Waals surface area (Å²) in [6.45, 7) is 1.76. The van der Waals surface area contributed by atoms with Gasteiger partial charge in [-0.25, -0.2) is 5.73 Å². The summed E-state index contributed by atoms with van der Waals surface area (Å²) in [5, 5.41) is 8.03. The molecule has 0 aromatic rings. The van der Waals surface area contributed by atoms with E-state index in [0.29, 0.717) is 6.42 Å². The van der Waals surface area contributed by atoms with Crippen LogP contribution in [0.5, 0.6) is 0 Å². The average Bonchev–Trinajstić information content (AvgIpc) is 1.38. The molecule has 0 saturated carbocycles. The van der Waals surface area contributed by atoms with Gasteiger partial charge >= 0.3 is 0 Å². The van der Waals surface area contributed by atoms with Gasteiger partial charge in [0.15, 0.2) is 0 Å². The molecule has 0 aromatic heterocycles. The molecule has 0 amide bonds. The minimum Gasteiger partial charge on any atom is -0.377 e. The second-order valence-corrected chi connectivity index (χ2v) is 0.924. The van der Waals surface area contributed by atoms with Crippen LogP contribution in [0, 0.1) is 0 Å². The molecular formula is C3H8NO. The third-order valence-electron chi connectivity index (χ3n) is 0.387. The Balaban J connectivity index is 2.54. The lowest BCUT2D eigenvalue weighted by Crippen LogP contribution is -2.02. The van der Waals surface area contributed by atoms with Gasteiger partial charge < -0.3 is 5.11 Å². The highest BCUT2D eigenvalue weighted by molar-refractivity contribution is 4.30. The van der Waals surface area contributed by atoms with Crippen molar-refractivity contribution in [1.29, 1.82) is 0 Å². The number of rotatable bonds is 1. The van der Waals surface area contributed by atoms with Crippen molar-refractivity contribution in [3.8, 4) is 0 Å². The molecule has 0 aromatic carbocycles. The van der Waals surface area contributed by atoms with Crippen molar-refractivity contribution in [3.05, 3.63) is 0 Å². The SMILES string of the molecule is CCC([NH])O. The van der Waals surface area contributed by atoms with E-state index in [1.165, 1.54) is 0 Å². The molecule has 0 aliphatic carbocycles. The third kappa shape index (κ3) is 3.92. The van der Waals surface area contributed by atoms with Crippen molar-refractivity contribution in [3.63, 3.8) is 0 Å². The molecule has 2 nitrogen and oxygen atoms in total. The quantitative estimate of drug-likeness (QED) is 0.467. The largest absolute Gasteiger partial charge is 0.377 e. The Bertz CT molecular complexity index is 20.9. The van der Waals surface area contributed by atoms with Crippen LogP contribution >= 0.6 is 0 Å². The van der Waals surface area contributed by atoms with Crippen LogP contribution < -0.4 is 5.73 Å². The van der Waals surface area contributed by atoms with Gasteiger partial charge in [0.1, 0.15) is 6.23 Å². The van der Waals surface area contributed by atoms with E-state index in [9.17, 15) is 0 Å². The molecule has 0 saturated heterocycles. The Hall–Kier alpha value is -0.0800. The van der Waals surface area contributed by atoms with Gasteiger partial charge in [-0.2, -0.15) is 0 Å². The average molecular weight is 74.1 g/mol. The molecule has 2 heteroatoms. The second kappa shape index (κ2) is 2.18. The molecule has 5 heavy (non-hydrogen) atoms. The molecule has 0 heterocycles. The van der Waals surface area contributed by atoms with E-state index < -0.39 is 6.23 Å². The van der Waals surface area contributed by atoms with E-state index in [1.54, 1.807) is 6.92 Å². The first-order valence-corrected chi connectivity index (χ1v) is 1.66. The molecule has 0 spiro atoms. The van der Waals surface area contributed by atoms with E-state index in [4.69, 9.17) is 10.8 Å². The minimum absolute atomic E-state index is 0.528. The van der Waals surface area contributed by atoms with Gasteiger partial charge in [-0.05, 0) is 6.42 Å². The van der Waals surface area contributed by atoms with Gasteiger partial charge in [0, 0.05) is 0 Å². The normalized spacial score (nSPS) is 15.0. The summed E-state index contributed by atoms with van der Waals surface area (Å²) in [5.41, 5.74) is 6.38. The molecule has 0 bridgehead atoms. The summed E-state index contributed by atoms with van der Waals surface area (Å²) in [6.07, 6.45) is -0.338. The molecule has 1 unspecified atom stereocenters. The Morgan fingerprint density at radius 2 is 2.20 bits per heavy atom. The first-order chi connectivity index (χ1) is 2.27. The van der Waals surface area contributed by atoms with Gasteiger partial charge in [0.05, 0.1) is 0 Å². The van der Waals surface area contributed by atoms with Crippen molar-refractivity contribution in [2.45, 2.75) is 19.6 Å². The van der Waals surface area contributed by atoms with Crippen molar-refractivity contribution < 1.29 is 5.11 Å². The lowest BCUT2D eigenvalue weighted by atomic mass is 10.5. The highest BCUT2D eigenvalue weighted by Crippen LogP contribution is 1.75. The van der Waals surface area contributed by atoms with Gasteiger partial charge in [0.25, 0.3) is 0 Å². The third-order valence-corrected chi connectivity index (χ3v) is 0.387. The Kier molecular flexibility index (Phi) is 2.14. The standard InChI is InChI=1S/C3H8NO/c1-2-3(4)5/h3-5H,2H2,1H3. The van der Waals surface area contributed by atoms with Crippen molar-refractivity contribution in [2.24, 2.45) is 0 Å². The fourth-order valence-corrected chi connectivity index (χ4v) is 0. The molecule has 0 aliphatic rings. The Labute approximate surface area is 31.6 Å². The monoisotopic (exact) mass is 74.1 g/mol. The summed E-state index contributed by atoms with van der Waals surface area (Å²) in [6, 6.07) is 0. The number of nitrogens with one attached hydrogen (secondary N) is 1. The molecule has 1 atom stereocenters. The first kappa shape index (κ1) is 4.92. The second-order valence-electron chi connectivity index (χ2n) is 0.924. The van der Waals surface area contributed by atoms with Crippen LogP contribution in [0.25, 0.3) is 0 Å². The van der Waals surface area contributed by atoms with Gasteiger partial charge in [-0.15, -0.1) is 0 Å². The molecule has 31 valence electrons. The lowest BCUT2D eigenvalue weighted by Gasteiger charge is -1.89. The van der Waals surface area contributed by atoms with Crippen LogP contribution in [-0.4, -0.2) is 11.3 Å². The fourth-order valence-electron chi connectivity index (χ4n) is 0. The topological polar surface area (TPSA) is 44.0 Å². The molecular weight excluding hydrogens is 66.0 g/mol. The van der Waals surface area contributed by atoms with E-state index >= 15 is 0 Å². The summed E-state index contributed by atoms with van der Waals surface area (Å²) in [5.74, 6) is 0. The molecule has 0 aliphatic heterocycles.